The van der Waals surface area contributed by atoms with Crippen molar-refractivity contribution in [2.75, 3.05) is 0 Å². The average molecular weight is 406 g/mol. The van der Waals surface area contributed by atoms with Gasteiger partial charge in [0.25, 0.3) is 0 Å². The number of hydrogen-bond donors (Lipinski definition) is 2. The highest BCUT2D eigenvalue weighted by molar-refractivity contribution is 5.66. The standard InChI is InChI=1S/C16H25NO.C7H12O2.C2H6/c1-2-16(9-4-10-16)15(18)6-3-5-13-7-8-14(11-13)12-17;1-2-3-4-5-6-7(8)9;1-2/h3,5,13-15,18H,2,4,6-11H2,1H3;2-3H,4-6H2,1H3,(H,8,9);1-2H3/b5-3+;3-2-;/t13-,14?,15?;;/m0../s1. The molecule has 4 heteroatoms. The first-order valence-electron chi connectivity index (χ1n) is 11.5. The van der Waals surface area contributed by atoms with Crippen LogP contribution >= 0.6 is 0 Å². The van der Waals surface area contributed by atoms with Crippen LogP contribution in [0.2, 0.25) is 0 Å². The summed E-state index contributed by atoms with van der Waals surface area (Å²) in [6.45, 7) is 8.13. The van der Waals surface area contributed by atoms with E-state index in [-0.39, 0.29) is 23.9 Å². The Labute approximate surface area is 178 Å². The average Bonchev–Trinajstić information content (AvgIpc) is 3.15. The van der Waals surface area contributed by atoms with E-state index in [9.17, 15) is 9.90 Å². The van der Waals surface area contributed by atoms with Crippen LogP contribution in [0.15, 0.2) is 24.3 Å². The lowest BCUT2D eigenvalue weighted by Gasteiger charge is -2.45. The Morgan fingerprint density at radius 2 is 1.97 bits per heavy atom. The lowest BCUT2D eigenvalue weighted by Crippen LogP contribution is -2.40. The first kappa shape index (κ1) is 27.4. The molecule has 0 aromatic carbocycles. The maximum absolute atomic E-state index is 10.3. The molecule has 0 aromatic rings. The van der Waals surface area contributed by atoms with E-state index in [0.29, 0.717) is 5.92 Å². The minimum absolute atomic E-state index is 0.166. The van der Waals surface area contributed by atoms with Gasteiger partial charge in [0.1, 0.15) is 0 Å². The van der Waals surface area contributed by atoms with Crippen LogP contribution in [0.25, 0.3) is 0 Å². The molecular weight excluding hydrogens is 362 g/mol. The van der Waals surface area contributed by atoms with Gasteiger partial charge in [0.15, 0.2) is 0 Å². The summed E-state index contributed by atoms with van der Waals surface area (Å²) in [5.74, 6) is 0.124. The van der Waals surface area contributed by atoms with Crippen molar-refractivity contribution in [1.82, 2.24) is 0 Å². The Hall–Kier alpha value is -1.60. The molecule has 2 N–H and O–H groups in total. The van der Waals surface area contributed by atoms with Crippen LogP contribution in [0, 0.1) is 28.6 Å². The topological polar surface area (TPSA) is 81.3 Å². The second kappa shape index (κ2) is 16.2. The monoisotopic (exact) mass is 405 g/mol. The van der Waals surface area contributed by atoms with Gasteiger partial charge in [-0.1, -0.05) is 51.5 Å². The molecule has 2 aliphatic carbocycles. The third-order valence-electron chi connectivity index (χ3n) is 6.18. The number of carboxylic acid groups (broad SMARTS) is 1. The van der Waals surface area contributed by atoms with Crippen LogP contribution in [0.4, 0.5) is 0 Å². The fourth-order valence-electron chi connectivity index (χ4n) is 4.05. The van der Waals surface area contributed by atoms with Gasteiger partial charge in [0.05, 0.1) is 12.2 Å². The lowest BCUT2D eigenvalue weighted by molar-refractivity contribution is -0.137. The van der Waals surface area contributed by atoms with Crippen molar-refractivity contribution in [1.29, 1.82) is 5.26 Å². The molecule has 0 spiro atoms. The van der Waals surface area contributed by atoms with Gasteiger partial charge in [-0.05, 0) is 76.0 Å². The molecule has 2 unspecified atom stereocenters. The third kappa shape index (κ3) is 10.7. The maximum Gasteiger partial charge on any atom is 0.303 e. The summed E-state index contributed by atoms with van der Waals surface area (Å²) in [6, 6.07) is 2.36. The number of unbranched alkanes of at least 4 members (excludes halogenated alkanes) is 1. The van der Waals surface area contributed by atoms with E-state index in [2.05, 4.69) is 25.1 Å². The van der Waals surface area contributed by atoms with Crippen LogP contribution in [0.5, 0.6) is 0 Å². The third-order valence-corrected chi connectivity index (χ3v) is 6.18. The minimum Gasteiger partial charge on any atom is -0.481 e. The van der Waals surface area contributed by atoms with Crippen molar-refractivity contribution in [3.8, 4) is 6.07 Å². The molecule has 4 nitrogen and oxygen atoms in total. The summed E-state index contributed by atoms with van der Waals surface area (Å²) >= 11 is 0. The lowest BCUT2D eigenvalue weighted by atomic mass is 9.63. The number of nitrogens with zero attached hydrogens (tertiary/aromatic N) is 1. The predicted molar refractivity (Wildman–Crippen MR) is 120 cm³/mol. The van der Waals surface area contributed by atoms with E-state index >= 15 is 0 Å². The Kier molecular flexibility index (Phi) is 15.3. The molecule has 166 valence electrons. The zero-order valence-electron chi connectivity index (χ0n) is 19.1. The van der Waals surface area contributed by atoms with Gasteiger partial charge in [-0.15, -0.1) is 0 Å². The smallest absolute Gasteiger partial charge is 0.303 e. The molecule has 0 saturated heterocycles. The van der Waals surface area contributed by atoms with Crippen molar-refractivity contribution in [2.45, 2.75) is 104 Å². The molecule has 0 radical (unpaired) electrons. The Bertz CT molecular complexity index is 523. The number of carboxylic acids is 1. The highest BCUT2D eigenvalue weighted by Crippen LogP contribution is 2.47. The van der Waals surface area contributed by atoms with Crippen molar-refractivity contribution in [3.05, 3.63) is 24.3 Å². The van der Waals surface area contributed by atoms with Gasteiger partial charge in [0.2, 0.25) is 0 Å². The molecule has 3 atom stereocenters. The molecule has 2 saturated carbocycles. The van der Waals surface area contributed by atoms with Crippen molar-refractivity contribution >= 4 is 5.97 Å². The van der Waals surface area contributed by atoms with E-state index in [1.165, 1.54) is 19.3 Å². The quantitative estimate of drug-likeness (QED) is 0.332. The molecule has 29 heavy (non-hydrogen) atoms. The van der Waals surface area contributed by atoms with E-state index in [0.717, 1.165) is 44.9 Å². The van der Waals surface area contributed by atoms with Gasteiger partial charge in [-0.3, -0.25) is 4.79 Å². The van der Waals surface area contributed by atoms with Crippen molar-refractivity contribution in [2.24, 2.45) is 17.3 Å². The second-order valence-electron chi connectivity index (χ2n) is 8.00. The summed E-state index contributed by atoms with van der Waals surface area (Å²) in [5, 5.41) is 27.3. The largest absolute Gasteiger partial charge is 0.481 e. The summed E-state index contributed by atoms with van der Waals surface area (Å²) in [6.07, 6.45) is 18.8. The molecule has 0 bridgehead atoms. The number of allylic oxidation sites excluding steroid dienone is 3. The second-order valence-corrected chi connectivity index (χ2v) is 8.00. The van der Waals surface area contributed by atoms with Crippen LogP contribution in [-0.2, 0) is 4.79 Å². The molecule has 2 rings (SSSR count). The van der Waals surface area contributed by atoms with E-state index in [1.54, 1.807) is 0 Å². The first-order valence-corrected chi connectivity index (χ1v) is 11.5. The van der Waals surface area contributed by atoms with E-state index < -0.39 is 5.97 Å². The molecule has 0 heterocycles. The highest BCUT2D eigenvalue weighted by atomic mass is 16.4. The Morgan fingerprint density at radius 1 is 1.28 bits per heavy atom. The zero-order chi connectivity index (χ0) is 22.1. The molecule has 0 aliphatic heterocycles. The maximum atomic E-state index is 10.3. The van der Waals surface area contributed by atoms with Crippen LogP contribution in [0.1, 0.15) is 98.3 Å². The SMILES string of the molecule is C/C=C\CCCC(=O)O.CC.CCC1(C(O)C/C=C/[C@H]2CCC(C#N)C2)CCC1. The zero-order valence-corrected chi connectivity index (χ0v) is 19.1. The van der Waals surface area contributed by atoms with Gasteiger partial charge in [-0.2, -0.15) is 5.26 Å². The summed E-state index contributed by atoms with van der Waals surface area (Å²) in [7, 11) is 0. The molecule has 0 aromatic heterocycles. The fraction of sp³-hybridized carbons (Fsp3) is 0.760. The van der Waals surface area contributed by atoms with Crippen LogP contribution < -0.4 is 0 Å². The van der Waals surface area contributed by atoms with E-state index in [4.69, 9.17) is 10.4 Å². The number of aliphatic carboxylic acids is 1. The van der Waals surface area contributed by atoms with Gasteiger partial charge < -0.3 is 10.2 Å². The molecule has 2 aliphatic rings. The van der Waals surface area contributed by atoms with Gasteiger partial charge >= 0.3 is 5.97 Å². The molecule has 2 fully saturated rings. The van der Waals surface area contributed by atoms with Gasteiger partial charge in [-0.25, -0.2) is 0 Å². The number of nitriles is 1. The van der Waals surface area contributed by atoms with Crippen LogP contribution in [-0.4, -0.2) is 22.3 Å². The minimum atomic E-state index is -0.709. The predicted octanol–water partition coefficient (Wildman–Crippen LogP) is 6.66. The summed E-state index contributed by atoms with van der Waals surface area (Å²) < 4.78 is 0. The number of aliphatic hydroxyl groups is 1. The highest BCUT2D eigenvalue weighted by Gasteiger charge is 2.40. The summed E-state index contributed by atoms with van der Waals surface area (Å²) in [4.78, 5) is 9.94. The molecular formula is C25H43NO3. The van der Waals surface area contributed by atoms with Crippen LogP contribution in [0.3, 0.4) is 0 Å². The van der Waals surface area contributed by atoms with Gasteiger partial charge in [0, 0.05) is 12.3 Å². The van der Waals surface area contributed by atoms with Crippen molar-refractivity contribution in [3.63, 3.8) is 0 Å². The normalized spacial score (nSPS) is 23.3. The van der Waals surface area contributed by atoms with E-state index in [1.807, 2.05) is 32.9 Å². The number of carbonyl (C=O) groups is 1. The van der Waals surface area contributed by atoms with Crippen molar-refractivity contribution < 1.29 is 15.0 Å². The summed E-state index contributed by atoms with van der Waals surface area (Å²) in [5.41, 5.74) is 0.217. The number of hydrogen-bond acceptors (Lipinski definition) is 3. The first-order chi connectivity index (χ1) is 14.0. The Morgan fingerprint density at radius 3 is 2.41 bits per heavy atom. The number of rotatable bonds is 9. The number of aliphatic hydroxyl groups excluding tert-OH is 1. The fourth-order valence-corrected chi connectivity index (χ4v) is 4.05. The molecule has 0 amide bonds. The Balaban J connectivity index is 0.000000606.